The van der Waals surface area contributed by atoms with Crippen LogP contribution in [0.15, 0.2) is 24.4 Å². The summed E-state index contributed by atoms with van der Waals surface area (Å²) in [5.41, 5.74) is 2.95. The van der Waals surface area contributed by atoms with Gasteiger partial charge in [0.1, 0.15) is 0 Å². The van der Waals surface area contributed by atoms with Crippen molar-refractivity contribution in [3.63, 3.8) is 0 Å². The molecule has 2 aliphatic heterocycles. The SMILES string of the molecule is O=C1CCN(c2cc(N3CCNCC3)cc3[nH]ccc23)C(=O)N1. The van der Waals surface area contributed by atoms with E-state index in [1.807, 2.05) is 12.3 Å². The molecule has 2 aliphatic rings. The summed E-state index contributed by atoms with van der Waals surface area (Å²) in [5, 5.41) is 6.74. The number of imide groups is 1. The van der Waals surface area contributed by atoms with Crippen LogP contribution in [0.5, 0.6) is 0 Å². The van der Waals surface area contributed by atoms with E-state index in [4.69, 9.17) is 0 Å². The smallest absolute Gasteiger partial charge is 0.328 e. The van der Waals surface area contributed by atoms with Gasteiger partial charge in [0.25, 0.3) is 0 Å². The van der Waals surface area contributed by atoms with Crippen molar-refractivity contribution in [2.24, 2.45) is 0 Å². The maximum absolute atomic E-state index is 12.2. The van der Waals surface area contributed by atoms with E-state index < -0.39 is 0 Å². The van der Waals surface area contributed by atoms with Gasteiger partial charge in [-0.1, -0.05) is 0 Å². The number of urea groups is 1. The Bertz CT molecular complexity index is 763. The number of anilines is 2. The van der Waals surface area contributed by atoms with Gasteiger partial charge in [-0.25, -0.2) is 4.79 Å². The molecule has 1 aromatic heterocycles. The fourth-order valence-electron chi connectivity index (χ4n) is 3.26. The van der Waals surface area contributed by atoms with Gasteiger partial charge in [-0.2, -0.15) is 0 Å². The largest absolute Gasteiger partial charge is 0.369 e. The summed E-state index contributed by atoms with van der Waals surface area (Å²) in [5.74, 6) is -0.213. The van der Waals surface area contributed by atoms with Crippen LogP contribution in [-0.2, 0) is 4.79 Å². The molecule has 120 valence electrons. The van der Waals surface area contributed by atoms with E-state index in [0.717, 1.165) is 48.5 Å². The number of aromatic amines is 1. The zero-order chi connectivity index (χ0) is 15.8. The highest BCUT2D eigenvalue weighted by atomic mass is 16.2. The molecule has 3 N–H and O–H groups in total. The van der Waals surface area contributed by atoms with E-state index in [0.29, 0.717) is 13.0 Å². The summed E-state index contributed by atoms with van der Waals surface area (Å²) in [7, 11) is 0. The summed E-state index contributed by atoms with van der Waals surface area (Å²) < 4.78 is 0. The van der Waals surface area contributed by atoms with Crippen LogP contribution in [0.1, 0.15) is 6.42 Å². The van der Waals surface area contributed by atoms with E-state index in [-0.39, 0.29) is 11.9 Å². The van der Waals surface area contributed by atoms with Crippen LogP contribution in [-0.4, -0.2) is 49.6 Å². The highest BCUT2D eigenvalue weighted by Crippen LogP contribution is 2.33. The fourth-order valence-corrected chi connectivity index (χ4v) is 3.26. The fraction of sp³-hybridized carbons (Fsp3) is 0.375. The van der Waals surface area contributed by atoms with Gasteiger partial charge in [-0.3, -0.25) is 15.0 Å². The lowest BCUT2D eigenvalue weighted by molar-refractivity contribution is -0.120. The highest BCUT2D eigenvalue weighted by molar-refractivity contribution is 6.10. The summed E-state index contributed by atoms with van der Waals surface area (Å²) in [6.07, 6.45) is 2.21. The first-order valence-electron chi connectivity index (χ1n) is 7.90. The molecule has 0 saturated carbocycles. The van der Waals surface area contributed by atoms with Crippen molar-refractivity contribution in [3.05, 3.63) is 24.4 Å². The zero-order valence-electron chi connectivity index (χ0n) is 12.8. The Morgan fingerprint density at radius 2 is 1.87 bits per heavy atom. The molecule has 2 aromatic rings. The molecule has 7 nitrogen and oxygen atoms in total. The number of fused-ring (bicyclic) bond motifs is 1. The van der Waals surface area contributed by atoms with Gasteiger partial charge in [0.05, 0.1) is 5.69 Å². The monoisotopic (exact) mass is 313 g/mol. The molecule has 3 heterocycles. The second-order valence-corrected chi connectivity index (χ2v) is 5.90. The van der Waals surface area contributed by atoms with Crippen molar-refractivity contribution < 1.29 is 9.59 Å². The minimum absolute atomic E-state index is 0.213. The minimum Gasteiger partial charge on any atom is -0.369 e. The molecule has 23 heavy (non-hydrogen) atoms. The summed E-state index contributed by atoms with van der Waals surface area (Å²) in [6, 6.07) is 5.80. The van der Waals surface area contributed by atoms with Crippen LogP contribution in [0.25, 0.3) is 10.9 Å². The van der Waals surface area contributed by atoms with Gasteiger partial charge in [0.2, 0.25) is 5.91 Å². The molecule has 0 spiro atoms. The van der Waals surface area contributed by atoms with Crippen LogP contribution < -0.4 is 20.4 Å². The van der Waals surface area contributed by atoms with Crippen molar-refractivity contribution in [1.29, 1.82) is 0 Å². The molecule has 2 saturated heterocycles. The molecule has 4 rings (SSSR count). The van der Waals surface area contributed by atoms with Crippen LogP contribution in [0, 0.1) is 0 Å². The Morgan fingerprint density at radius 3 is 2.65 bits per heavy atom. The van der Waals surface area contributed by atoms with Crippen LogP contribution in [0.4, 0.5) is 16.2 Å². The molecule has 0 unspecified atom stereocenters. The van der Waals surface area contributed by atoms with Gasteiger partial charge in [0.15, 0.2) is 0 Å². The van der Waals surface area contributed by atoms with Crippen LogP contribution >= 0.6 is 0 Å². The van der Waals surface area contributed by atoms with E-state index in [1.165, 1.54) is 0 Å². The van der Waals surface area contributed by atoms with E-state index in [2.05, 4.69) is 32.7 Å². The molecule has 0 bridgehead atoms. The third kappa shape index (κ3) is 2.53. The molecule has 7 heteroatoms. The Balaban J connectivity index is 1.76. The lowest BCUT2D eigenvalue weighted by Crippen LogP contribution is -2.49. The lowest BCUT2D eigenvalue weighted by Gasteiger charge is -2.32. The Labute approximate surface area is 133 Å². The molecule has 0 radical (unpaired) electrons. The standard InChI is InChI=1S/C16H19N5O2/c22-15-2-6-21(16(23)19-15)14-10-11(20-7-4-17-5-8-20)9-13-12(14)1-3-18-13/h1,3,9-10,17-18H,2,4-8H2,(H,19,22,23). The lowest BCUT2D eigenvalue weighted by atomic mass is 10.1. The number of hydrogen-bond donors (Lipinski definition) is 3. The van der Waals surface area contributed by atoms with Crippen molar-refractivity contribution in [2.45, 2.75) is 6.42 Å². The average molecular weight is 313 g/mol. The summed E-state index contributed by atoms with van der Waals surface area (Å²) in [4.78, 5) is 30.8. The number of hydrogen-bond acceptors (Lipinski definition) is 4. The Hall–Kier alpha value is -2.54. The molecule has 0 atom stereocenters. The molecule has 2 fully saturated rings. The van der Waals surface area contributed by atoms with Gasteiger partial charge in [-0.05, 0) is 18.2 Å². The number of H-pyrrole nitrogens is 1. The van der Waals surface area contributed by atoms with Crippen molar-refractivity contribution in [2.75, 3.05) is 42.5 Å². The molecule has 1 aromatic carbocycles. The number of nitrogens with one attached hydrogen (secondary N) is 3. The number of benzene rings is 1. The van der Waals surface area contributed by atoms with Crippen LogP contribution in [0.3, 0.4) is 0 Å². The second-order valence-electron chi connectivity index (χ2n) is 5.90. The number of piperazine rings is 1. The average Bonchev–Trinajstić information content (AvgIpc) is 3.03. The zero-order valence-corrected chi connectivity index (χ0v) is 12.8. The van der Waals surface area contributed by atoms with E-state index in [1.54, 1.807) is 4.90 Å². The molecule has 3 amide bonds. The third-order valence-corrected chi connectivity index (χ3v) is 4.46. The Kier molecular flexibility index (Phi) is 3.42. The predicted octanol–water partition coefficient (Wildman–Crippen LogP) is 1.02. The number of carbonyl (C=O) groups excluding carboxylic acids is 2. The second kappa shape index (κ2) is 5.58. The van der Waals surface area contributed by atoms with Gasteiger partial charge in [0, 0.05) is 61.9 Å². The first kappa shape index (κ1) is 14.1. The minimum atomic E-state index is -0.346. The maximum atomic E-state index is 12.2. The maximum Gasteiger partial charge on any atom is 0.328 e. The topological polar surface area (TPSA) is 80.5 Å². The first-order chi connectivity index (χ1) is 11.2. The third-order valence-electron chi connectivity index (χ3n) is 4.46. The number of nitrogens with zero attached hydrogens (tertiary/aromatic N) is 2. The normalized spacial score (nSPS) is 19.3. The van der Waals surface area contributed by atoms with Crippen molar-refractivity contribution in [3.8, 4) is 0 Å². The number of carbonyl (C=O) groups is 2. The summed E-state index contributed by atoms with van der Waals surface area (Å²) >= 11 is 0. The van der Waals surface area contributed by atoms with Crippen molar-refractivity contribution in [1.82, 2.24) is 15.6 Å². The number of aromatic nitrogens is 1. The molecular formula is C16H19N5O2. The predicted molar refractivity (Wildman–Crippen MR) is 88.9 cm³/mol. The van der Waals surface area contributed by atoms with E-state index in [9.17, 15) is 9.59 Å². The molecule has 0 aliphatic carbocycles. The first-order valence-corrected chi connectivity index (χ1v) is 7.90. The van der Waals surface area contributed by atoms with Gasteiger partial charge >= 0.3 is 6.03 Å². The highest BCUT2D eigenvalue weighted by Gasteiger charge is 2.26. The van der Waals surface area contributed by atoms with Gasteiger partial charge in [-0.15, -0.1) is 0 Å². The van der Waals surface area contributed by atoms with Crippen molar-refractivity contribution >= 4 is 34.2 Å². The Morgan fingerprint density at radius 1 is 1.04 bits per heavy atom. The quantitative estimate of drug-likeness (QED) is 0.773. The number of rotatable bonds is 2. The van der Waals surface area contributed by atoms with Crippen LogP contribution in [0.2, 0.25) is 0 Å². The van der Waals surface area contributed by atoms with Gasteiger partial charge < -0.3 is 15.2 Å². The summed E-state index contributed by atoms with van der Waals surface area (Å²) in [6.45, 7) is 4.20. The molecular weight excluding hydrogens is 294 g/mol. The van der Waals surface area contributed by atoms with E-state index >= 15 is 0 Å². The number of amides is 3.